The Morgan fingerprint density at radius 2 is 1.95 bits per heavy atom. The maximum Gasteiger partial charge on any atom is 0.224 e. The number of amides is 1. The van der Waals surface area contributed by atoms with E-state index in [1.807, 2.05) is 61.7 Å². The van der Waals surface area contributed by atoms with Crippen molar-refractivity contribution in [2.45, 2.75) is 19.4 Å². The monoisotopic (exact) mass is 278 g/mol. The number of hydrogen-bond acceptors (Lipinski definition) is 1. The molecule has 0 saturated carbocycles. The molecule has 1 aromatic heterocycles. The zero-order valence-electron chi connectivity index (χ0n) is 12.0. The molecule has 3 rings (SSSR count). The van der Waals surface area contributed by atoms with E-state index in [-0.39, 0.29) is 11.9 Å². The smallest absolute Gasteiger partial charge is 0.224 e. The Balaban J connectivity index is 1.66. The first-order valence-electron chi connectivity index (χ1n) is 7.13. The van der Waals surface area contributed by atoms with Gasteiger partial charge in [-0.15, -0.1) is 0 Å². The lowest BCUT2D eigenvalue weighted by atomic mass is 10.1. The van der Waals surface area contributed by atoms with Crippen molar-refractivity contribution in [1.29, 1.82) is 0 Å². The van der Waals surface area contributed by atoms with Crippen LogP contribution in [0.2, 0.25) is 0 Å². The number of fused-ring (bicyclic) bond motifs is 1. The molecule has 1 heterocycles. The van der Waals surface area contributed by atoms with Crippen molar-refractivity contribution in [3.8, 4) is 0 Å². The van der Waals surface area contributed by atoms with Crippen molar-refractivity contribution in [2.75, 3.05) is 0 Å². The number of H-pyrrole nitrogens is 1. The van der Waals surface area contributed by atoms with Gasteiger partial charge in [0.05, 0.1) is 12.5 Å². The Labute approximate surface area is 124 Å². The number of aromatic amines is 1. The van der Waals surface area contributed by atoms with Crippen LogP contribution < -0.4 is 5.32 Å². The summed E-state index contributed by atoms with van der Waals surface area (Å²) in [6.07, 6.45) is 2.31. The minimum absolute atomic E-state index is 0.0229. The van der Waals surface area contributed by atoms with Crippen molar-refractivity contribution in [2.24, 2.45) is 0 Å². The Bertz CT molecular complexity index is 746. The van der Waals surface area contributed by atoms with Gasteiger partial charge >= 0.3 is 0 Å². The summed E-state index contributed by atoms with van der Waals surface area (Å²) in [6, 6.07) is 18.1. The summed E-state index contributed by atoms with van der Waals surface area (Å²) in [4.78, 5) is 15.3. The average Bonchev–Trinajstić information content (AvgIpc) is 2.95. The molecule has 1 unspecified atom stereocenters. The molecule has 21 heavy (non-hydrogen) atoms. The van der Waals surface area contributed by atoms with Crippen molar-refractivity contribution in [3.63, 3.8) is 0 Å². The summed E-state index contributed by atoms with van der Waals surface area (Å²) in [5, 5.41) is 4.18. The van der Waals surface area contributed by atoms with Gasteiger partial charge in [0.25, 0.3) is 0 Å². The summed E-state index contributed by atoms with van der Waals surface area (Å²) in [5.74, 6) is 0.0428. The van der Waals surface area contributed by atoms with Crippen molar-refractivity contribution in [3.05, 3.63) is 71.9 Å². The molecule has 1 amide bonds. The fourth-order valence-electron chi connectivity index (χ4n) is 2.52. The van der Waals surface area contributed by atoms with Gasteiger partial charge in [-0.2, -0.15) is 0 Å². The summed E-state index contributed by atoms with van der Waals surface area (Å²) >= 11 is 0. The first-order chi connectivity index (χ1) is 10.2. The van der Waals surface area contributed by atoms with Gasteiger partial charge in [0.15, 0.2) is 0 Å². The quantitative estimate of drug-likeness (QED) is 0.752. The van der Waals surface area contributed by atoms with Crippen LogP contribution in [0.5, 0.6) is 0 Å². The highest BCUT2D eigenvalue weighted by Crippen LogP contribution is 2.15. The third kappa shape index (κ3) is 3.14. The predicted octanol–water partition coefficient (Wildman–Crippen LogP) is 3.59. The van der Waals surface area contributed by atoms with Crippen LogP contribution in [0.25, 0.3) is 10.9 Å². The molecule has 2 aromatic carbocycles. The van der Waals surface area contributed by atoms with Gasteiger partial charge in [0.1, 0.15) is 0 Å². The fourth-order valence-corrected chi connectivity index (χ4v) is 2.52. The molecule has 3 nitrogen and oxygen atoms in total. The molecule has 0 spiro atoms. The van der Waals surface area contributed by atoms with E-state index in [1.165, 1.54) is 0 Å². The summed E-state index contributed by atoms with van der Waals surface area (Å²) in [7, 11) is 0. The van der Waals surface area contributed by atoms with Crippen LogP contribution in [-0.2, 0) is 11.2 Å². The van der Waals surface area contributed by atoms with E-state index in [4.69, 9.17) is 0 Å². The lowest BCUT2D eigenvalue weighted by molar-refractivity contribution is -0.121. The molecule has 0 aliphatic rings. The maximum absolute atomic E-state index is 12.2. The normalized spacial score (nSPS) is 12.2. The van der Waals surface area contributed by atoms with Crippen molar-refractivity contribution in [1.82, 2.24) is 10.3 Å². The van der Waals surface area contributed by atoms with Crippen LogP contribution in [0.1, 0.15) is 24.1 Å². The third-order valence-corrected chi connectivity index (χ3v) is 3.66. The van der Waals surface area contributed by atoms with Gasteiger partial charge < -0.3 is 10.3 Å². The van der Waals surface area contributed by atoms with Gasteiger partial charge in [-0.25, -0.2) is 0 Å². The fraction of sp³-hybridized carbons (Fsp3) is 0.167. The number of rotatable bonds is 4. The molecule has 0 bridgehead atoms. The number of nitrogens with one attached hydrogen (secondary N) is 2. The molecule has 0 aliphatic heterocycles. The van der Waals surface area contributed by atoms with Crippen LogP contribution in [-0.4, -0.2) is 10.9 Å². The van der Waals surface area contributed by atoms with E-state index in [0.717, 1.165) is 22.0 Å². The maximum atomic E-state index is 12.2. The largest absolute Gasteiger partial charge is 0.361 e. The van der Waals surface area contributed by atoms with E-state index in [1.54, 1.807) is 0 Å². The van der Waals surface area contributed by atoms with Crippen LogP contribution in [0.3, 0.4) is 0 Å². The first kappa shape index (κ1) is 13.4. The van der Waals surface area contributed by atoms with E-state index < -0.39 is 0 Å². The molecule has 0 aliphatic carbocycles. The molecular weight excluding hydrogens is 260 g/mol. The molecule has 0 radical (unpaired) electrons. The molecule has 3 heteroatoms. The minimum atomic E-state index is 0.0229. The average molecular weight is 278 g/mol. The Hall–Kier alpha value is -2.55. The van der Waals surface area contributed by atoms with Crippen LogP contribution >= 0.6 is 0 Å². The Morgan fingerprint density at radius 3 is 2.76 bits per heavy atom. The van der Waals surface area contributed by atoms with E-state index in [2.05, 4.69) is 16.4 Å². The van der Waals surface area contributed by atoms with Crippen LogP contribution in [0, 0.1) is 0 Å². The standard InChI is InChI=1S/C18H18N2O/c1-13(15-5-3-2-4-6-15)20-18(21)12-14-7-8-17-16(11-14)9-10-19-17/h2-11,13,19H,12H2,1H3,(H,20,21). The minimum Gasteiger partial charge on any atom is -0.361 e. The first-order valence-corrected chi connectivity index (χ1v) is 7.13. The second kappa shape index (κ2) is 5.83. The molecule has 106 valence electrons. The highest BCUT2D eigenvalue weighted by molar-refractivity contribution is 5.83. The SMILES string of the molecule is CC(NC(=O)Cc1ccc2[nH]ccc2c1)c1ccccc1. The number of carbonyl (C=O) groups excluding carboxylic acids is 1. The van der Waals surface area contributed by atoms with Crippen LogP contribution in [0.15, 0.2) is 60.8 Å². The van der Waals surface area contributed by atoms with Crippen molar-refractivity contribution < 1.29 is 4.79 Å². The van der Waals surface area contributed by atoms with E-state index in [0.29, 0.717) is 6.42 Å². The van der Waals surface area contributed by atoms with E-state index in [9.17, 15) is 4.79 Å². The Kier molecular flexibility index (Phi) is 3.73. The molecule has 0 fully saturated rings. The van der Waals surface area contributed by atoms with Gasteiger partial charge in [-0.3, -0.25) is 4.79 Å². The highest BCUT2D eigenvalue weighted by atomic mass is 16.1. The second-order valence-electron chi connectivity index (χ2n) is 5.28. The van der Waals surface area contributed by atoms with Gasteiger partial charge in [-0.1, -0.05) is 36.4 Å². The zero-order valence-corrected chi connectivity index (χ0v) is 12.0. The number of benzene rings is 2. The molecule has 0 saturated heterocycles. The van der Waals surface area contributed by atoms with Gasteiger partial charge in [0.2, 0.25) is 5.91 Å². The Morgan fingerprint density at radius 1 is 1.14 bits per heavy atom. The predicted molar refractivity (Wildman–Crippen MR) is 85.0 cm³/mol. The van der Waals surface area contributed by atoms with Crippen LogP contribution in [0.4, 0.5) is 0 Å². The zero-order chi connectivity index (χ0) is 14.7. The number of hydrogen-bond donors (Lipinski definition) is 2. The third-order valence-electron chi connectivity index (χ3n) is 3.66. The topological polar surface area (TPSA) is 44.9 Å². The number of aromatic nitrogens is 1. The van der Waals surface area contributed by atoms with E-state index >= 15 is 0 Å². The molecule has 1 atom stereocenters. The second-order valence-corrected chi connectivity index (χ2v) is 5.28. The summed E-state index contributed by atoms with van der Waals surface area (Å²) < 4.78 is 0. The highest BCUT2D eigenvalue weighted by Gasteiger charge is 2.10. The summed E-state index contributed by atoms with van der Waals surface area (Å²) in [5.41, 5.74) is 3.24. The van der Waals surface area contributed by atoms with Gasteiger partial charge in [0, 0.05) is 11.7 Å². The van der Waals surface area contributed by atoms with Gasteiger partial charge in [-0.05, 0) is 41.6 Å². The lowest BCUT2D eigenvalue weighted by Crippen LogP contribution is -2.28. The van der Waals surface area contributed by atoms with Crippen molar-refractivity contribution >= 4 is 16.8 Å². The molecular formula is C18H18N2O. The molecule has 2 N–H and O–H groups in total. The number of carbonyl (C=O) groups is 1. The summed E-state index contributed by atoms with van der Waals surface area (Å²) in [6.45, 7) is 2.00. The molecule has 3 aromatic rings. The lowest BCUT2D eigenvalue weighted by Gasteiger charge is -2.14.